The monoisotopic (exact) mass is 694 g/mol. The fourth-order valence-electron chi connectivity index (χ4n) is 5.61. The summed E-state index contributed by atoms with van der Waals surface area (Å²) in [7, 11) is 0. The van der Waals surface area contributed by atoms with E-state index in [1.807, 2.05) is 18.2 Å². The predicted octanol–water partition coefficient (Wildman–Crippen LogP) is 6.91. The summed E-state index contributed by atoms with van der Waals surface area (Å²) in [5, 5.41) is 14.8. The maximum Gasteiger partial charge on any atom is 0.407 e. The van der Waals surface area contributed by atoms with Crippen LogP contribution in [0.4, 0.5) is 4.79 Å². The van der Waals surface area contributed by atoms with Crippen LogP contribution in [0.5, 0.6) is 11.5 Å². The van der Waals surface area contributed by atoms with Crippen molar-refractivity contribution in [1.82, 2.24) is 10.6 Å². The van der Waals surface area contributed by atoms with Gasteiger partial charge in [-0.3, -0.25) is 14.4 Å². The van der Waals surface area contributed by atoms with E-state index in [0.29, 0.717) is 62.6 Å². The van der Waals surface area contributed by atoms with Crippen LogP contribution in [0.25, 0.3) is 0 Å². The third-order valence-electron chi connectivity index (χ3n) is 7.93. The van der Waals surface area contributed by atoms with Gasteiger partial charge in [-0.1, -0.05) is 18.2 Å². The van der Waals surface area contributed by atoms with Gasteiger partial charge >= 0.3 is 12.1 Å². The van der Waals surface area contributed by atoms with Gasteiger partial charge in [0.15, 0.2) is 5.78 Å². The Bertz CT molecular complexity index is 1440. The molecule has 0 spiro atoms. The van der Waals surface area contributed by atoms with Gasteiger partial charge in [0.05, 0.1) is 19.8 Å². The number of benzene rings is 1. The fourth-order valence-corrected chi connectivity index (χ4v) is 5.61. The summed E-state index contributed by atoms with van der Waals surface area (Å²) in [4.78, 5) is 47.9. The summed E-state index contributed by atoms with van der Waals surface area (Å²) < 4.78 is 23.5. The van der Waals surface area contributed by atoms with Crippen molar-refractivity contribution in [3.05, 3.63) is 71.0 Å². The highest BCUT2D eigenvalue weighted by Gasteiger charge is 2.27. The number of alkyl carbamates (subject to hydrolysis) is 1. The van der Waals surface area contributed by atoms with E-state index in [1.54, 1.807) is 39.0 Å². The minimum absolute atomic E-state index is 0.0558. The van der Waals surface area contributed by atoms with Crippen molar-refractivity contribution < 1.29 is 43.2 Å². The number of carbonyl (C=O) groups is 4. The Morgan fingerprint density at radius 1 is 0.920 bits per heavy atom. The Morgan fingerprint density at radius 2 is 1.60 bits per heavy atom. The first-order chi connectivity index (χ1) is 24.0. The predicted molar refractivity (Wildman–Crippen MR) is 191 cm³/mol. The molecule has 0 unspecified atom stereocenters. The van der Waals surface area contributed by atoms with Crippen molar-refractivity contribution in [2.75, 3.05) is 32.9 Å². The second kappa shape index (κ2) is 20.9. The number of allylic oxidation sites excluding steroid dienone is 6. The van der Waals surface area contributed by atoms with Gasteiger partial charge in [-0.25, -0.2) is 4.79 Å². The standard InChI is InChI=1S/C39H54N2O9/c1-5-14-28-27-32(42)29-15-7-8-16-30(29)37(28)49-25-10-6-9-24-47-33-17-11-18-34(31(33)20-21-36(44)45)48-26-12-19-35(43)40-22-13-23-41-38(46)50-39(2,3)4/h5,11,15,17-18,27H,1,6-10,12-14,16,19-26H2,2-4H3,(H,40,43)(H,41,46)(H,44,45). The molecule has 0 aromatic heterocycles. The summed E-state index contributed by atoms with van der Waals surface area (Å²) in [6.07, 6.45) is 12.3. The number of ether oxygens (including phenoxy) is 4. The Hall–Kier alpha value is -4.54. The highest BCUT2D eigenvalue weighted by Crippen LogP contribution is 2.36. The third kappa shape index (κ3) is 14.1. The molecule has 11 nitrogen and oxygen atoms in total. The van der Waals surface area contributed by atoms with Crippen LogP contribution < -0.4 is 20.1 Å². The molecule has 1 aromatic rings. The van der Waals surface area contributed by atoms with Gasteiger partial charge in [0.2, 0.25) is 5.91 Å². The number of carboxylic acid groups (broad SMARTS) is 1. The lowest BCUT2D eigenvalue weighted by Gasteiger charge is -2.25. The molecule has 0 atom stereocenters. The second-order valence-corrected chi connectivity index (χ2v) is 13.3. The minimum Gasteiger partial charge on any atom is -0.493 e. The zero-order valence-electron chi connectivity index (χ0n) is 29.9. The first-order valence-corrected chi connectivity index (χ1v) is 17.7. The number of nitrogens with one attached hydrogen (secondary N) is 2. The van der Waals surface area contributed by atoms with Crippen molar-refractivity contribution in [3.8, 4) is 11.5 Å². The summed E-state index contributed by atoms with van der Waals surface area (Å²) in [6.45, 7) is 11.3. The molecule has 0 saturated heterocycles. The van der Waals surface area contributed by atoms with E-state index in [2.05, 4.69) is 17.2 Å². The number of carbonyl (C=O) groups excluding carboxylic acids is 3. The van der Waals surface area contributed by atoms with Crippen LogP contribution in [-0.2, 0) is 30.3 Å². The highest BCUT2D eigenvalue weighted by atomic mass is 16.6. The van der Waals surface area contributed by atoms with E-state index >= 15 is 0 Å². The summed E-state index contributed by atoms with van der Waals surface area (Å²) in [5.74, 6) is 0.995. The second-order valence-electron chi connectivity index (χ2n) is 13.3. The molecule has 3 rings (SSSR count). The van der Waals surface area contributed by atoms with Gasteiger partial charge in [0.25, 0.3) is 0 Å². The molecule has 2 amide bonds. The number of unbranched alkanes of at least 4 members (excludes halogenated alkanes) is 2. The molecule has 0 radical (unpaired) electrons. The molecule has 2 aliphatic rings. The SMILES string of the molecule is C=CCC1=CC(=O)C2=CCCCC2=C1OCCCCCOc1cccc(OCCCC(=O)NCCCNC(=O)OC(C)(C)C)c1CCC(=O)O. The molecule has 0 fully saturated rings. The van der Waals surface area contributed by atoms with Crippen molar-refractivity contribution >= 4 is 23.8 Å². The summed E-state index contributed by atoms with van der Waals surface area (Å²) >= 11 is 0. The quantitative estimate of drug-likeness (QED) is 0.0870. The van der Waals surface area contributed by atoms with Gasteiger partial charge in [-0.05, 0) is 103 Å². The topological polar surface area (TPSA) is 149 Å². The first kappa shape index (κ1) is 39.9. The molecule has 3 N–H and O–H groups in total. The van der Waals surface area contributed by atoms with Crippen LogP contribution in [0.1, 0.15) is 97.0 Å². The number of carboxylic acids is 1. The van der Waals surface area contributed by atoms with E-state index in [4.69, 9.17) is 18.9 Å². The molecule has 0 saturated carbocycles. The van der Waals surface area contributed by atoms with Crippen molar-refractivity contribution in [2.45, 2.75) is 103 Å². The average molecular weight is 695 g/mol. The van der Waals surface area contributed by atoms with E-state index in [9.17, 15) is 24.3 Å². The normalized spacial score (nSPS) is 14.2. The van der Waals surface area contributed by atoms with Crippen LogP contribution in [0.3, 0.4) is 0 Å². The van der Waals surface area contributed by atoms with Crippen molar-refractivity contribution in [3.63, 3.8) is 0 Å². The molecule has 0 aliphatic heterocycles. The Kier molecular flexibility index (Phi) is 16.6. The van der Waals surface area contributed by atoms with Crippen LogP contribution in [-0.4, -0.2) is 67.4 Å². The third-order valence-corrected chi connectivity index (χ3v) is 7.93. The van der Waals surface area contributed by atoms with Gasteiger partial charge in [-0.15, -0.1) is 6.58 Å². The minimum atomic E-state index is -0.913. The van der Waals surface area contributed by atoms with Crippen molar-refractivity contribution in [1.29, 1.82) is 0 Å². The molecular weight excluding hydrogens is 640 g/mol. The number of fused-ring (bicyclic) bond motifs is 1. The summed E-state index contributed by atoms with van der Waals surface area (Å²) in [6, 6.07) is 5.42. The van der Waals surface area contributed by atoms with Gasteiger partial charge in [0.1, 0.15) is 22.9 Å². The maximum absolute atomic E-state index is 12.6. The Labute approximate surface area is 296 Å². The van der Waals surface area contributed by atoms with Crippen LogP contribution in [0.15, 0.2) is 65.5 Å². The maximum atomic E-state index is 12.6. The van der Waals surface area contributed by atoms with Gasteiger partial charge in [-0.2, -0.15) is 0 Å². The molecule has 274 valence electrons. The van der Waals surface area contributed by atoms with Crippen molar-refractivity contribution in [2.24, 2.45) is 0 Å². The van der Waals surface area contributed by atoms with E-state index in [-0.39, 0.29) is 37.6 Å². The number of aliphatic carboxylic acids is 1. The molecule has 50 heavy (non-hydrogen) atoms. The molecule has 0 heterocycles. The summed E-state index contributed by atoms with van der Waals surface area (Å²) in [5.41, 5.74) is 2.82. The Morgan fingerprint density at radius 3 is 2.28 bits per heavy atom. The van der Waals surface area contributed by atoms with Crippen LogP contribution in [0, 0.1) is 0 Å². The number of hydrogen-bond acceptors (Lipinski definition) is 8. The fraction of sp³-hybridized carbons (Fsp3) is 0.538. The van der Waals surface area contributed by atoms with E-state index < -0.39 is 17.7 Å². The molecule has 11 heteroatoms. The van der Waals surface area contributed by atoms with Crippen LogP contribution >= 0.6 is 0 Å². The zero-order valence-corrected chi connectivity index (χ0v) is 29.9. The highest BCUT2D eigenvalue weighted by molar-refractivity contribution is 6.10. The first-order valence-electron chi connectivity index (χ1n) is 17.7. The molecule has 0 bridgehead atoms. The van der Waals surface area contributed by atoms with Gasteiger partial charge < -0.3 is 34.7 Å². The lowest BCUT2D eigenvalue weighted by molar-refractivity contribution is -0.137. The smallest absolute Gasteiger partial charge is 0.407 e. The molecule has 1 aromatic carbocycles. The Balaban J connectivity index is 1.40. The zero-order chi connectivity index (χ0) is 36.4. The number of amides is 2. The number of hydrogen-bond donors (Lipinski definition) is 3. The lowest BCUT2D eigenvalue weighted by Crippen LogP contribution is -2.34. The van der Waals surface area contributed by atoms with E-state index in [1.165, 1.54) is 0 Å². The lowest BCUT2D eigenvalue weighted by atomic mass is 9.83. The average Bonchev–Trinajstić information content (AvgIpc) is 3.06. The number of rotatable bonds is 22. The molecule has 2 aliphatic carbocycles. The van der Waals surface area contributed by atoms with E-state index in [0.717, 1.165) is 61.0 Å². The molecular formula is C39H54N2O9. The number of ketones is 1. The van der Waals surface area contributed by atoms with Crippen LogP contribution in [0.2, 0.25) is 0 Å². The van der Waals surface area contributed by atoms with Gasteiger partial charge in [0, 0.05) is 48.2 Å². The largest absolute Gasteiger partial charge is 0.493 e.